The predicted molar refractivity (Wildman–Crippen MR) is 79.5 cm³/mol. The number of halogens is 2. The summed E-state index contributed by atoms with van der Waals surface area (Å²) >= 11 is 5.92. The fraction of sp³-hybridized carbons (Fsp3) is 0.533. The first kappa shape index (κ1) is 15.3. The van der Waals surface area contributed by atoms with Crippen LogP contribution in [0.5, 0.6) is 0 Å². The molecule has 1 aliphatic rings. The molecule has 0 saturated carbocycles. The maximum Gasteiger partial charge on any atom is 0.241 e. The molecule has 110 valence electrons. The lowest BCUT2D eigenvalue weighted by atomic mass is 10.2. The van der Waals surface area contributed by atoms with Gasteiger partial charge in [-0.15, -0.1) is 0 Å². The van der Waals surface area contributed by atoms with Gasteiger partial charge in [0.1, 0.15) is 5.82 Å². The highest BCUT2D eigenvalue weighted by Gasteiger charge is 2.22. The molecule has 0 radical (unpaired) electrons. The molecule has 5 heteroatoms. The first-order valence-corrected chi connectivity index (χ1v) is 7.45. The zero-order chi connectivity index (χ0) is 14.5. The Morgan fingerprint density at radius 1 is 1.30 bits per heavy atom. The quantitative estimate of drug-likeness (QED) is 0.923. The summed E-state index contributed by atoms with van der Waals surface area (Å²) in [5.41, 5.74) is 0.458. The number of benzene rings is 1. The molecule has 1 aliphatic heterocycles. The van der Waals surface area contributed by atoms with Crippen LogP contribution in [0.3, 0.4) is 0 Å². The SMILES string of the molecule is C[C@H](C(=O)Nc1ccc(F)cc1Cl)N1CCCCCC1. The molecule has 1 aromatic carbocycles. The Hall–Kier alpha value is -1.13. The van der Waals surface area contributed by atoms with Crippen molar-refractivity contribution in [2.24, 2.45) is 0 Å². The molecule has 1 saturated heterocycles. The Kier molecular flexibility index (Phi) is 5.38. The maximum atomic E-state index is 13.0. The largest absolute Gasteiger partial charge is 0.323 e. The van der Waals surface area contributed by atoms with E-state index in [9.17, 15) is 9.18 Å². The Labute approximate surface area is 124 Å². The van der Waals surface area contributed by atoms with Crippen LogP contribution in [0.4, 0.5) is 10.1 Å². The third kappa shape index (κ3) is 3.93. The van der Waals surface area contributed by atoms with Gasteiger partial charge in [-0.1, -0.05) is 24.4 Å². The summed E-state index contributed by atoms with van der Waals surface area (Å²) in [5.74, 6) is -0.506. The van der Waals surface area contributed by atoms with Crippen molar-refractivity contribution in [1.29, 1.82) is 0 Å². The highest BCUT2D eigenvalue weighted by molar-refractivity contribution is 6.33. The fourth-order valence-corrected chi connectivity index (χ4v) is 2.69. The molecule has 1 heterocycles. The van der Waals surface area contributed by atoms with Gasteiger partial charge in [0.2, 0.25) is 5.91 Å². The van der Waals surface area contributed by atoms with Crippen molar-refractivity contribution in [3.63, 3.8) is 0 Å². The number of carbonyl (C=O) groups excluding carboxylic acids is 1. The minimum Gasteiger partial charge on any atom is -0.323 e. The second kappa shape index (κ2) is 7.04. The van der Waals surface area contributed by atoms with E-state index in [1.54, 1.807) is 0 Å². The van der Waals surface area contributed by atoms with E-state index in [0.29, 0.717) is 5.69 Å². The molecular weight excluding hydrogens is 279 g/mol. The van der Waals surface area contributed by atoms with E-state index in [4.69, 9.17) is 11.6 Å². The number of anilines is 1. The molecule has 3 nitrogen and oxygen atoms in total. The molecular formula is C15H20ClFN2O. The van der Waals surface area contributed by atoms with E-state index >= 15 is 0 Å². The monoisotopic (exact) mass is 298 g/mol. The van der Waals surface area contributed by atoms with Crippen LogP contribution in [-0.4, -0.2) is 29.9 Å². The molecule has 0 bridgehead atoms. The summed E-state index contributed by atoms with van der Waals surface area (Å²) in [6.45, 7) is 3.80. The second-order valence-corrected chi connectivity index (χ2v) is 5.65. The average molecular weight is 299 g/mol. The minimum absolute atomic E-state index is 0.0968. The van der Waals surface area contributed by atoms with Crippen LogP contribution in [0.25, 0.3) is 0 Å². The van der Waals surface area contributed by atoms with Gasteiger partial charge in [0.25, 0.3) is 0 Å². The number of hydrogen-bond acceptors (Lipinski definition) is 2. The van der Waals surface area contributed by atoms with Crippen molar-refractivity contribution in [1.82, 2.24) is 4.90 Å². The van der Waals surface area contributed by atoms with E-state index in [1.165, 1.54) is 31.0 Å². The molecule has 0 aromatic heterocycles. The molecule has 1 aromatic rings. The third-order valence-electron chi connectivity index (χ3n) is 3.76. The molecule has 0 aliphatic carbocycles. The topological polar surface area (TPSA) is 32.3 Å². The Balaban J connectivity index is 1.99. The summed E-state index contributed by atoms with van der Waals surface area (Å²) in [4.78, 5) is 14.5. The fourth-order valence-electron chi connectivity index (χ4n) is 2.48. The Bertz CT molecular complexity index is 473. The lowest BCUT2D eigenvalue weighted by Gasteiger charge is -2.26. The molecule has 0 spiro atoms. The van der Waals surface area contributed by atoms with Crippen LogP contribution in [-0.2, 0) is 4.79 Å². The number of nitrogens with one attached hydrogen (secondary N) is 1. The van der Waals surface area contributed by atoms with Crippen LogP contribution in [0.2, 0.25) is 5.02 Å². The molecule has 1 amide bonds. The van der Waals surface area contributed by atoms with Gasteiger partial charge in [0, 0.05) is 0 Å². The normalized spacial score (nSPS) is 18.4. The zero-order valence-electron chi connectivity index (χ0n) is 11.7. The van der Waals surface area contributed by atoms with Crippen molar-refractivity contribution in [2.45, 2.75) is 38.6 Å². The number of nitrogens with zero attached hydrogens (tertiary/aromatic N) is 1. The van der Waals surface area contributed by atoms with E-state index in [-0.39, 0.29) is 17.0 Å². The molecule has 1 fully saturated rings. The molecule has 1 atom stereocenters. The van der Waals surface area contributed by atoms with Gasteiger partial charge >= 0.3 is 0 Å². The van der Waals surface area contributed by atoms with Gasteiger partial charge in [-0.2, -0.15) is 0 Å². The van der Waals surface area contributed by atoms with E-state index in [0.717, 1.165) is 25.9 Å². The van der Waals surface area contributed by atoms with Crippen molar-refractivity contribution in [2.75, 3.05) is 18.4 Å². The third-order valence-corrected chi connectivity index (χ3v) is 4.07. The number of likely N-dealkylation sites (tertiary alicyclic amines) is 1. The molecule has 1 N–H and O–H groups in total. The maximum absolute atomic E-state index is 13.0. The first-order valence-electron chi connectivity index (χ1n) is 7.08. The zero-order valence-corrected chi connectivity index (χ0v) is 12.4. The van der Waals surface area contributed by atoms with E-state index < -0.39 is 5.82 Å². The minimum atomic E-state index is -0.409. The van der Waals surface area contributed by atoms with Crippen LogP contribution in [0, 0.1) is 5.82 Å². The van der Waals surface area contributed by atoms with Gasteiger partial charge in [-0.3, -0.25) is 9.69 Å². The molecule has 2 rings (SSSR count). The number of carbonyl (C=O) groups is 1. The van der Waals surface area contributed by atoms with Gasteiger partial charge in [0.05, 0.1) is 16.8 Å². The van der Waals surface area contributed by atoms with Crippen LogP contribution < -0.4 is 5.32 Å². The number of amides is 1. The van der Waals surface area contributed by atoms with E-state index in [2.05, 4.69) is 10.2 Å². The van der Waals surface area contributed by atoms with Crippen LogP contribution in [0.15, 0.2) is 18.2 Å². The summed E-state index contributed by atoms with van der Waals surface area (Å²) in [5, 5.41) is 3.00. The van der Waals surface area contributed by atoms with Gasteiger partial charge in [-0.05, 0) is 51.1 Å². The van der Waals surface area contributed by atoms with Crippen molar-refractivity contribution < 1.29 is 9.18 Å². The standard InChI is InChI=1S/C15H20ClFN2O/c1-11(19-8-4-2-3-5-9-19)15(20)18-14-7-6-12(17)10-13(14)16/h6-7,10-11H,2-5,8-9H2,1H3,(H,18,20)/t11-/m1/s1. The van der Waals surface area contributed by atoms with Crippen molar-refractivity contribution in [3.05, 3.63) is 29.0 Å². The second-order valence-electron chi connectivity index (χ2n) is 5.24. The van der Waals surface area contributed by atoms with Gasteiger partial charge in [0.15, 0.2) is 0 Å². The van der Waals surface area contributed by atoms with Crippen molar-refractivity contribution >= 4 is 23.2 Å². The van der Waals surface area contributed by atoms with E-state index in [1.807, 2.05) is 6.92 Å². The summed E-state index contributed by atoms with van der Waals surface area (Å²) in [6, 6.07) is 3.78. The highest BCUT2D eigenvalue weighted by atomic mass is 35.5. The summed E-state index contributed by atoms with van der Waals surface area (Å²) in [7, 11) is 0. The van der Waals surface area contributed by atoms with Crippen LogP contribution in [0.1, 0.15) is 32.6 Å². The molecule has 0 unspecified atom stereocenters. The average Bonchev–Trinajstić information content (AvgIpc) is 2.70. The lowest BCUT2D eigenvalue weighted by Crippen LogP contribution is -2.42. The van der Waals surface area contributed by atoms with Gasteiger partial charge in [-0.25, -0.2) is 4.39 Å². The first-order chi connectivity index (χ1) is 9.58. The predicted octanol–water partition coefficient (Wildman–Crippen LogP) is 3.68. The molecule has 20 heavy (non-hydrogen) atoms. The van der Waals surface area contributed by atoms with Crippen molar-refractivity contribution in [3.8, 4) is 0 Å². The smallest absolute Gasteiger partial charge is 0.241 e. The Morgan fingerprint density at radius 2 is 1.95 bits per heavy atom. The Morgan fingerprint density at radius 3 is 2.55 bits per heavy atom. The number of hydrogen-bond donors (Lipinski definition) is 1. The summed E-state index contributed by atoms with van der Waals surface area (Å²) < 4.78 is 13.0. The summed E-state index contributed by atoms with van der Waals surface area (Å²) in [6.07, 6.45) is 4.73. The number of rotatable bonds is 3. The highest BCUT2D eigenvalue weighted by Crippen LogP contribution is 2.23. The lowest BCUT2D eigenvalue weighted by molar-refractivity contribution is -0.120. The van der Waals surface area contributed by atoms with Gasteiger partial charge < -0.3 is 5.32 Å². The van der Waals surface area contributed by atoms with Crippen LogP contribution >= 0.6 is 11.6 Å².